The molecule has 1 unspecified atom stereocenters. The monoisotopic (exact) mass is 474 g/mol. The maximum Gasteiger partial charge on any atom is 0.339 e. The molecule has 1 aromatic carbocycles. The number of nitrogens with zero attached hydrogens (tertiary/aromatic N) is 1. The summed E-state index contributed by atoms with van der Waals surface area (Å²) in [5.74, 6) is 0.625. The first kappa shape index (κ1) is 22.6. The average molecular weight is 475 g/mol. The first-order chi connectivity index (χ1) is 14.2. The zero-order valence-electron chi connectivity index (χ0n) is 16.1. The number of carbonyl (C=O) groups excluding carboxylic acids is 1. The SMILES string of the molecule is Cc1cc(OC2CCN(C(=O)CCNS(=O)(=O)c3c(Cl)cccc3Cl)C2)cc(=O)o1. The fourth-order valence-electron chi connectivity index (χ4n) is 3.15. The summed E-state index contributed by atoms with van der Waals surface area (Å²) in [5.41, 5.74) is -0.498. The molecular formula is C19H20Cl2N2O6S. The molecule has 1 saturated heterocycles. The second kappa shape index (κ2) is 9.38. The zero-order chi connectivity index (χ0) is 21.9. The lowest BCUT2D eigenvalue weighted by Gasteiger charge is -2.17. The third kappa shape index (κ3) is 5.54. The average Bonchev–Trinajstić information content (AvgIpc) is 3.08. The van der Waals surface area contributed by atoms with Crippen molar-refractivity contribution in [3.8, 4) is 5.75 Å². The molecule has 1 aromatic heterocycles. The highest BCUT2D eigenvalue weighted by Gasteiger charge is 2.28. The lowest BCUT2D eigenvalue weighted by molar-refractivity contribution is -0.130. The van der Waals surface area contributed by atoms with E-state index in [1.807, 2.05) is 0 Å². The molecule has 162 valence electrons. The topological polar surface area (TPSA) is 106 Å². The van der Waals surface area contributed by atoms with Crippen LogP contribution < -0.4 is 15.1 Å². The van der Waals surface area contributed by atoms with Crippen LogP contribution in [0, 0.1) is 6.92 Å². The summed E-state index contributed by atoms with van der Waals surface area (Å²) in [6.45, 7) is 2.38. The van der Waals surface area contributed by atoms with Gasteiger partial charge in [0.25, 0.3) is 0 Å². The molecule has 1 fully saturated rings. The van der Waals surface area contributed by atoms with Gasteiger partial charge in [0.15, 0.2) is 0 Å². The number of benzene rings is 1. The smallest absolute Gasteiger partial charge is 0.339 e. The molecule has 3 rings (SSSR count). The predicted octanol–water partition coefficient (Wildman–Crippen LogP) is 2.60. The van der Waals surface area contributed by atoms with Gasteiger partial charge in [-0.15, -0.1) is 0 Å². The molecule has 1 atom stereocenters. The van der Waals surface area contributed by atoms with Gasteiger partial charge in [0.05, 0.1) is 22.7 Å². The van der Waals surface area contributed by atoms with E-state index in [2.05, 4.69) is 4.72 Å². The van der Waals surface area contributed by atoms with Crippen molar-refractivity contribution in [1.29, 1.82) is 0 Å². The Morgan fingerprint density at radius 3 is 2.67 bits per heavy atom. The summed E-state index contributed by atoms with van der Waals surface area (Å²) in [6.07, 6.45) is 0.322. The van der Waals surface area contributed by atoms with Crippen LogP contribution in [0.2, 0.25) is 10.0 Å². The number of aryl methyl sites for hydroxylation is 1. The molecule has 1 aliphatic heterocycles. The van der Waals surface area contributed by atoms with Gasteiger partial charge in [-0.2, -0.15) is 0 Å². The van der Waals surface area contributed by atoms with Crippen molar-refractivity contribution in [2.75, 3.05) is 19.6 Å². The van der Waals surface area contributed by atoms with E-state index in [-0.39, 0.29) is 39.9 Å². The summed E-state index contributed by atoms with van der Waals surface area (Å²) >= 11 is 11.9. The molecule has 0 spiro atoms. The highest BCUT2D eigenvalue weighted by atomic mass is 35.5. The summed E-state index contributed by atoms with van der Waals surface area (Å²) in [5, 5.41) is 0.0112. The van der Waals surface area contributed by atoms with Crippen molar-refractivity contribution < 1.29 is 22.4 Å². The number of ether oxygens (including phenoxy) is 1. The van der Waals surface area contributed by atoms with Gasteiger partial charge in [0, 0.05) is 32.0 Å². The lowest BCUT2D eigenvalue weighted by Crippen LogP contribution is -2.34. The number of amides is 1. The summed E-state index contributed by atoms with van der Waals surface area (Å²) in [7, 11) is -3.95. The van der Waals surface area contributed by atoms with Crippen LogP contribution in [-0.4, -0.2) is 45.0 Å². The van der Waals surface area contributed by atoms with E-state index in [0.29, 0.717) is 31.0 Å². The maximum absolute atomic E-state index is 12.4. The van der Waals surface area contributed by atoms with Crippen molar-refractivity contribution >= 4 is 39.1 Å². The summed E-state index contributed by atoms with van der Waals surface area (Å²) in [4.78, 5) is 25.2. The van der Waals surface area contributed by atoms with E-state index in [0.717, 1.165) is 0 Å². The quantitative estimate of drug-likeness (QED) is 0.660. The maximum atomic E-state index is 12.4. The lowest BCUT2D eigenvalue weighted by atomic mass is 10.3. The van der Waals surface area contributed by atoms with Gasteiger partial charge >= 0.3 is 5.63 Å². The van der Waals surface area contributed by atoms with Crippen molar-refractivity contribution in [2.45, 2.75) is 30.8 Å². The molecule has 1 amide bonds. The van der Waals surface area contributed by atoms with Crippen molar-refractivity contribution in [2.24, 2.45) is 0 Å². The Morgan fingerprint density at radius 2 is 2.00 bits per heavy atom. The zero-order valence-corrected chi connectivity index (χ0v) is 18.4. The minimum absolute atomic E-state index is 0.00560. The minimum atomic E-state index is -3.95. The Kier molecular flexibility index (Phi) is 7.07. The Bertz CT molecular complexity index is 1080. The van der Waals surface area contributed by atoms with Crippen molar-refractivity contribution in [3.05, 3.63) is 56.6 Å². The minimum Gasteiger partial charge on any atom is -0.488 e. The Balaban J connectivity index is 1.51. The Hall–Kier alpha value is -2.07. The second-order valence-electron chi connectivity index (χ2n) is 6.79. The van der Waals surface area contributed by atoms with E-state index >= 15 is 0 Å². The first-order valence-electron chi connectivity index (χ1n) is 9.15. The molecular weight excluding hydrogens is 455 g/mol. The van der Waals surface area contributed by atoms with Gasteiger partial charge in [-0.3, -0.25) is 4.79 Å². The molecule has 0 saturated carbocycles. The van der Waals surface area contributed by atoms with Crippen LogP contribution in [0.3, 0.4) is 0 Å². The van der Waals surface area contributed by atoms with Crippen LogP contribution in [0.15, 0.2) is 44.4 Å². The molecule has 2 aromatic rings. The largest absolute Gasteiger partial charge is 0.488 e. The van der Waals surface area contributed by atoms with Gasteiger partial charge in [0.1, 0.15) is 22.5 Å². The number of hydrogen-bond acceptors (Lipinski definition) is 6. The molecule has 1 aliphatic rings. The number of rotatable bonds is 7. The third-order valence-corrected chi connectivity index (χ3v) is 6.90. The van der Waals surface area contributed by atoms with Gasteiger partial charge < -0.3 is 14.1 Å². The number of nitrogens with one attached hydrogen (secondary N) is 1. The van der Waals surface area contributed by atoms with E-state index < -0.39 is 15.6 Å². The highest BCUT2D eigenvalue weighted by molar-refractivity contribution is 7.89. The van der Waals surface area contributed by atoms with Crippen molar-refractivity contribution in [1.82, 2.24) is 9.62 Å². The van der Waals surface area contributed by atoms with Crippen LogP contribution >= 0.6 is 23.2 Å². The van der Waals surface area contributed by atoms with E-state index in [4.69, 9.17) is 32.4 Å². The normalized spacial score (nSPS) is 16.6. The van der Waals surface area contributed by atoms with Crippen LogP contribution in [0.1, 0.15) is 18.6 Å². The van der Waals surface area contributed by atoms with Gasteiger partial charge in [-0.1, -0.05) is 29.3 Å². The fourth-order valence-corrected chi connectivity index (χ4v) is 5.32. The highest BCUT2D eigenvalue weighted by Crippen LogP contribution is 2.28. The molecule has 0 radical (unpaired) electrons. The van der Waals surface area contributed by atoms with Crippen LogP contribution in [0.4, 0.5) is 0 Å². The van der Waals surface area contributed by atoms with Crippen molar-refractivity contribution in [3.63, 3.8) is 0 Å². The molecule has 30 heavy (non-hydrogen) atoms. The van der Waals surface area contributed by atoms with Crippen LogP contribution in [-0.2, 0) is 14.8 Å². The summed E-state index contributed by atoms with van der Waals surface area (Å²) < 4.78 is 37.9. The standard InChI is InChI=1S/C19H20Cl2N2O6S/c1-12-9-14(10-18(25)28-12)29-13-6-8-23(11-13)17(24)5-7-22-30(26,27)19-15(20)3-2-4-16(19)21/h2-4,9-10,13,22H,5-8,11H2,1H3. The van der Waals surface area contributed by atoms with Gasteiger partial charge in [-0.25, -0.2) is 17.9 Å². The number of likely N-dealkylation sites (tertiary alicyclic amines) is 1. The van der Waals surface area contributed by atoms with E-state index in [1.165, 1.54) is 18.2 Å². The molecule has 8 nitrogen and oxygen atoms in total. The van der Waals surface area contributed by atoms with Gasteiger partial charge in [0.2, 0.25) is 15.9 Å². The fraction of sp³-hybridized carbons (Fsp3) is 0.368. The molecule has 1 N–H and O–H groups in total. The molecule has 0 bridgehead atoms. The van der Waals surface area contributed by atoms with Crippen LogP contribution in [0.5, 0.6) is 5.75 Å². The first-order valence-corrected chi connectivity index (χ1v) is 11.4. The number of hydrogen-bond donors (Lipinski definition) is 1. The molecule has 11 heteroatoms. The van der Waals surface area contributed by atoms with Crippen LogP contribution in [0.25, 0.3) is 0 Å². The summed E-state index contributed by atoms with van der Waals surface area (Å²) in [6, 6.07) is 7.26. The Morgan fingerprint density at radius 1 is 1.30 bits per heavy atom. The number of carbonyl (C=O) groups is 1. The van der Waals surface area contributed by atoms with E-state index in [9.17, 15) is 18.0 Å². The predicted molar refractivity (Wildman–Crippen MR) is 112 cm³/mol. The second-order valence-corrected chi connectivity index (χ2v) is 9.31. The third-order valence-electron chi connectivity index (χ3n) is 4.49. The Labute approximate surface area is 183 Å². The number of halogens is 2. The molecule has 0 aliphatic carbocycles. The van der Waals surface area contributed by atoms with Gasteiger partial charge in [-0.05, 0) is 19.1 Å². The van der Waals surface area contributed by atoms with E-state index in [1.54, 1.807) is 24.0 Å². The molecule has 2 heterocycles. The number of sulfonamides is 1.